The smallest absolute Gasteiger partial charge is 0.264 e. The molecule has 0 aliphatic rings. The van der Waals surface area contributed by atoms with E-state index in [1.54, 1.807) is 31.2 Å². The van der Waals surface area contributed by atoms with Crippen molar-refractivity contribution in [1.29, 1.82) is 0 Å². The van der Waals surface area contributed by atoms with E-state index in [4.69, 9.17) is 9.47 Å². The van der Waals surface area contributed by atoms with Gasteiger partial charge in [-0.1, -0.05) is 12.1 Å². The second-order valence-corrected chi connectivity index (χ2v) is 10.4. The molecule has 39 heavy (non-hydrogen) atoms. The Morgan fingerprint density at radius 3 is 2.26 bits per heavy atom. The Kier molecular flexibility index (Phi) is 9.89. The summed E-state index contributed by atoms with van der Waals surface area (Å²) >= 11 is 0. The molecule has 9 nitrogen and oxygen atoms in total. The number of benzene rings is 3. The Morgan fingerprint density at radius 2 is 1.67 bits per heavy atom. The SMILES string of the molecule is CCOc1ccc(S(=O)(=O)N(CC(=O)N(Cc2cccc(OC)c2)[C@@H](C)C(=O)NC)c2ccc(F)cc2)cc1. The summed E-state index contributed by atoms with van der Waals surface area (Å²) in [4.78, 5) is 27.5. The fourth-order valence-corrected chi connectivity index (χ4v) is 5.31. The molecule has 1 atom stereocenters. The van der Waals surface area contributed by atoms with E-state index in [9.17, 15) is 22.4 Å². The van der Waals surface area contributed by atoms with Crippen molar-refractivity contribution in [3.05, 3.63) is 84.2 Å². The van der Waals surface area contributed by atoms with Crippen molar-refractivity contribution < 1.29 is 31.9 Å². The van der Waals surface area contributed by atoms with Crippen LogP contribution in [0.5, 0.6) is 11.5 Å². The number of carbonyl (C=O) groups is 2. The van der Waals surface area contributed by atoms with Crippen molar-refractivity contribution in [2.45, 2.75) is 31.3 Å². The maximum Gasteiger partial charge on any atom is 0.264 e. The molecular formula is C28H32FN3O6S. The molecule has 0 spiro atoms. The first kappa shape index (κ1) is 29.4. The molecule has 0 aliphatic heterocycles. The van der Waals surface area contributed by atoms with E-state index < -0.39 is 40.2 Å². The molecule has 0 unspecified atom stereocenters. The lowest BCUT2D eigenvalue weighted by atomic mass is 10.1. The fourth-order valence-electron chi connectivity index (χ4n) is 3.90. The van der Waals surface area contributed by atoms with Crippen LogP contribution in [0.1, 0.15) is 19.4 Å². The third kappa shape index (κ3) is 7.26. The second-order valence-electron chi connectivity index (χ2n) is 8.56. The summed E-state index contributed by atoms with van der Waals surface area (Å²) in [5, 5.41) is 2.53. The van der Waals surface area contributed by atoms with Crippen LogP contribution in [0.4, 0.5) is 10.1 Å². The van der Waals surface area contributed by atoms with Crippen LogP contribution in [0.25, 0.3) is 0 Å². The standard InChI is InChI=1S/C28H32FN3O6S/c1-5-38-24-13-15-26(16-14-24)39(35,36)32(23-11-9-22(29)10-12-23)19-27(33)31(20(2)28(34)30-3)18-21-7-6-8-25(17-21)37-4/h6-17,20H,5,18-19H2,1-4H3,(H,30,34)/t20-/m0/s1. The highest BCUT2D eigenvalue weighted by molar-refractivity contribution is 7.92. The van der Waals surface area contributed by atoms with Gasteiger partial charge in [-0.15, -0.1) is 0 Å². The minimum absolute atomic E-state index is 0.0188. The van der Waals surface area contributed by atoms with Crippen LogP contribution in [-0.2, 0) is 26.2 Å². The second kappa shape index (κ2) is 13.1. The Balaban J connectivity index is 2.01. The zero-order chi connectivity index (χ0) is 28.6. The van der Waals surface area contributed by atoms with Gasteiger partial charge in [0.15, 0.2) is 0 Å². The molecule has 11 heteroatoms. The highest BCUT2D eigenvalue weighted by Crippen LogP contribution is 2.26. The van der Waals surface area contributed by atoms with Crippen LogP contribution < -0.4 is 19.1 Å². The number of anilines is 1. The van der Waals surface area contributed by atoms with Gasteiger partial charge in [-0.05, 0) is 80.1 Å². The van der Waals surface area contributed by atoms with Gasteiger partial charge in [-0.3, -0.25) is 13.9 Å². The molecule has 0 saturated heterocycles. The first-order valence-corrected chi connectivity index (χ1v) is 13.7. The van der Waals surface area contributed by atoms with Crippen molar-refractivity contribution in [3.8, 4) is 11.5 Å². The van der Waals surface area contributed by atoms with E-state index in [2.05, 4.69) is 5.32 Å². The van der Waals surface area contributed by atoms with Gasteiger partial charge in [0.1, 0.15) is 29.9 Å². The topological polar surface area (TPSA) is 105 Å². The van der Waals surface area contributed by atoms with Crippen molar-refractivity contribution in [2.75, 3.05) is 31.6 Å². The van der Waals surface area contributed by atoms with Crippen molar-refractivity contribution in [1.82, 2.24) is 10.2 Å². The van der Waals surface area contributed by atoms with Crippen LogP contribution in [0, 0.1) is 5.82 Å². The van der Waals surface area contributed by atoms with Gasteiger partial charge in [-0.2, -0.15) is 0 Å². The monoisotopic (exact) mass is 557 g/mol. The van der Waals surface area contributed by atoms with E-state index in [0.29, 0.717) is 23.7 Å². The van der Waals surface area contributed by atoms with Crippen LogP contribution in [0.3, 0.4) is 0 Å². The molecule has 0 saturated carbocycles. The predicted molar refractivity (Wildman–Crippen MR) is 146 cm³/mol. The van der Waals surface area contributed by atoms with Gasteiger partial charge in [-0.25, -0.2) is 12.8 Å². The summed E-state index contributed by atoms with van der Waals surface area (Å²) in [6.07, 6.45) is 0. The third-order valence-electron chi connectivity index (χ3n) is 6.02. The Bertz CT molecular complexity index is 1380. The predicted octanol–water partition coefficient (Wildman–Crippen LogP) is 3.59. The molecule has 0 heterocycles. The van der Waals surface area contributed by atoms with E-state index in [1.807, 2.05) is 6.92 Å². The Hall–Kier alpha value is -4.12. The van der Waals surface area contributed by atoms with E-state index >= 15 is 0 Å². The van der Waals surface area contributed by atoms with Crippen molar-refractivity contribution in [2.24, 2.45) is 0 Å². The molecule has 208 valence electrons. The highest BCUT2D eigenvalue weighted by atomic mass is 32.2. The van der Waals surface area contributed by atoms with Gasteiger partial charge < -0.3 is 19.7 Å². The number of hydrogen-bond acceptors (Lipinski definition) is 6. The van der Waals surface area contributed by atoms with Crippen molar-refractivity contribution in [3.63, 3.8) is 0 Å². The molecule has 3 aromatic rings. The summed E-state index contributed by atoms with van der Waals surface area (Å²) in [5.74, 6) is -0.554. The molecule has 1 N–H and O–H groups in total. The minimum atomic E-state index is -4.28. The molecule has 3 aromatic carbocycles. The number of nitrogens with one attached hydrogen (secondary N) is 1. The lowest BCUT2D eigenvalue weighted by Gasteiger charge is -2.31. The Morgan fingerprint density at radius 1 is 1.00 bits per heavy atom. The number of sulfonamides is 1. The highest BCUT2D eigenvalue weighted by Gasteiger charge is 2.32. The van der Waals surface area contributed by atoms with Crippen molar-refractivity contribution >= 4 is 27.5 Å². The van der Waals surface area contributed by atoms with Crippen LogP contribution in [0.2, 0.25) is 0 Å². The number of ether oxygens (including phenoxy) is 2. The normalized spacial score (nSPS) is 11.8. The largest absolute Gasteiger partial charge is 0.497 e. The average Bonchev–Trinajstić information content (AvgIpc) is 2.94. The van der Waals surface area contributed by atoms with E-state index in [1.165, 1.54) is 55.5 Å². The Labute approximate surface area is 228 Å². The zero-order valence-electron chi connectivity index (χ0n) is 22.3. The molecular weight excluding hydrogens is 525 g/mol. The van der Waals surface area contributed by atoms with Gasteiger partial charge in [0, 0.05) is 13.6 Å². The molecule has 3 rings (SSSR count). The summed E-state index contributed by atoms with van der Waals surface area (Å²) in [7, 11) is -1.31. The lowest BCUT2D eigenvalue weighted by Crippen LogP contribution is -2.50. The molecule has 0 bridgehead atoms. The van der Waals surface area contributed by atoms with Gasteiger partial charge in [0.2, 0.25) is 11.8 Å². The number of rotatable bonds is 12. The summed E-state index contributed by atoms with van der Waals surface area (Å²) in [6.45, 7) is 3.16. The molecule has 0 aromatic heterocycles. The fraction of sp³-hybridized carbons (Fsp3) is 0.286. The van der Waals surface area contributed by atoms with Gasteiger partial charge >= 0.3 is 0 Å². The summed E-state index contributed by atoms with van der Waals surface area (Å²) in [5.41, 5.74) is 0.772. The maximum absolute atomic E-state index is 13.8. The first-order valence-electron chi connectivity index (χ1n) is 12.3. The number of likely N-dealkylation sites (N-methyl/N-ethyl adjacent to an activating group) is 1. The summed E-state index contributed by atoms with van der Waals surface area (Å²) in [6, 6.07) is 16.7. The molecule has 0 radical (unpaired) electrons. The third-order valence-corrected chi connectivity index (χ3v) is 7.81. The van der Waals surface area contributed by atoms with Crippen LogP contribution in [0.15, 0.2) is 77.7 Å². The van der Waals surface area contributed by atoms with E-state index in [-0.39, 0.29) is 17.1 Å². The minimum Gasteiger partial charge on any atom is -0.497 e. The molecule has 0 aliphatic carbocycles. The first-order chi connectivity index (χ1) is 18.6. The van der Waals surface area contributed by atoms with E-state index in [0.717, 1.165) is 16.4 Å². The van der Waals surface area contributed by atoms with Gasteiger partial charge in [0.25, 0.3) is 10.0 Å². The lowest BCUT2D eigenvalue weighted by molar-refractivity contribution is -0.139. The average molecular weight is 558 g/mol. The molecule has 0 fully saturated rings. The van der Waals surface area contributed by atoms with Gasteiger partial charge in [0.05, 0.1) is 24.3 Å². The summed E-state index contributed by atoms with van der Waals surface area (Å²) < 4.78 is 52.8. The molecule has 2 amide bonds. The quantitative estimate of drug-likeness (QED) is 0.365. The van der Waals surface area contributed by atoms with Crippen LogP contribution in [-0.4, -0.2) is 58.5 Å². The number of amides is 2. The number of hydrogen-bond donors (Lipinski definition) is 1. The van der Waals surface area contributed by atoms with Crippen LogP contribution >= 0.6 is 0 Å². The zero-order valence-corrected chi connectivity index (χ0v) is 23.1. The number of halogens is 1. The number of nitrogens with zero attached hydrogens (tertiary/aromatic N) is 2. The maximum atomic E-state index is 13.8. The number of carbonyl (C=O) groups excluding carboxylic acids is 2. The number of methoxy groups -OCH3 is 1.